The van der Waals surface area contributed by atoms with E-state index >= 15 is 0 Å². The molecule has 0 unspecified atom stereocenters. The molecule has 2 aromatic heterocycles. The van der Waals surface area contributed by atoms with Gasteiger partial charge in [0, 0.05) is 24.9 Å². The first kappa shape index (κ1) is 22.4. The van der Waals surface area contributed by atoms with Crippen LogP contribution in [0.2, 0.25) is 0 Å². The Hall–Kier alpha value is -3.24. The molecule has 1 fully saturated rings. The Bertz CT molecular complexity index is 1120. The molecule has 4 rings (SSSR count). The van der Waals surface area contributed by atoms with Gasteiger partial charge in [-0.3, -0.25) is 9.35 Å². The molecule has 2 N–H and O–H groups in total. The summed E-state index contributed by atoms with van der Waals surface area (Å²) in [6.07, 6.45) is 2.75. The average Bonchev–Trinajstić information content (AvgIpc) is 3.57. The van der Waals surface area contributed by atoms with Crippen molar-refractivity contribution in [3.8, 4) is 17.1 Å². The van der Waals surface area contributed by atoms with Crippen molar-refractivity contribution in [1.29, 1.82) is 0 Å². The van der Waals surface area contributed by atoms with Crippen LogP contribution in [0.15, 0.2) is 53.2 Å². The van der Waals surface area contributed by atoms with Crippen molar-refractivity contribution in [2.24, 2.45) is 0 Å². The molecule has 0 atom stereocenters. The van der Waals surface area contributed by atoms with E-state index in [1.807, 2.05) is 37.3 Å². The highest BCUT2D eigenvalue weighted by molar-refractivity contribution is 7.86. The number of amides is 1. The van der Waals surface area contributed by atoms with Gasteiger partial charge in [0.15, 0.2) is 0 Å². The third-order valence-corrected chi connectivity index (χ3v) is 5.88. The Morgan fingerprint density at radius 1 is 1.23 bits per heavy atom. The van der Waals surface area contributed by atoms with Crippen molar-refractivity contribution in [3.05, 3.63) is 65.5 Å². The normalized spacial score (nSPS) is 13.1. The second-order valence-electron chi connectivity index (χ2n) is 6.90. The third kappa shape index (κ3) is 6.12. The maximum atomic E-state index is 11.5. The third-order valence-electron chi connectivity index (χ3n) is 4.57. The maximum Gasteiger partial charge on any atom is 0.267 e. The number of nitrogens with zero attached hydrogens (tertiary/aromatic N) is 2. The molecule has 1 aliphatic rings. The largest absolute Gasteiger partial charge is 0.473 e. The van der Waals surface area contributed by atoms with E-state index in [1.54, 1.807) is 19.2 Å². The molecule has 0 aliphatic heterocycles. The molecule has 0 radical (unpaired) electrons. The number of carbonyl (C=O) groups is 1. The van der Waals surface area contributed by atoms with Crippen LogP contribution in [0.4, 0.5) is 0 Å². The SMILES string of the molecule is CNC(=O)c1ccc(OCc2c(-c3ccccc3)noc2C)nc1.O=S(=O)(O)C1CC1. The zero-order valence-electron chi connectivity index (χ0n) is 17.1. The van der Waals surface area contributed by atoms with Crippen LogP contribution in [0.5, 0.6) is 5.88 Å². The summed E-state index contributed by atoms with van der Waals surface area (Å²) in [7, 11) is -2.05. The Balaban J connectivity index is 0.000000330. The zero-order valence-corrected chi connectivity index (χ0v) is 17.9. The molecule has 0 bridgehead atoms. The molecule has 0 spiro atoms. The first-order chi connectivity index (χ1) is 14.8. The molecular weight excluding hydrogens is 422 g/mol. The summed E-state index contributed by atoms with van der Waals surface area (Å²) in [5, 5.41) is 6.24. The predicted molar refractivity (Wildman–Crippen MR) is 113 cm³/mol. The van der Waals surface area contributed by atoms with Gasteiger partial charge in [0.2, 0.25) is 5.88 Å². The number of rotatable bonds is 6. The molecule has 10 heteroatoms. The minimum absolute atomic E-state index is 0.185. The van der Waals surface area contributed by atoms with Crippen LogP contribution in [0, 0.1) is 6.92 Å². The number of benzene rings is 1. The standard InChI is InChI=1S/C18H17N3O3.C3H6O3S/c1-12-15(17(21-24-12)13-6-4-3-5-7-13)11-23-16-9-8-14(10-20-16)18(22)19-2;4-7(5,6)3-1-2-3/h3-10H,11H2,1-2H3,(H,19,22);3H,1-2H2,(H,4,5,6). The summed E-state index contributed by atoms with van der Waals surface area (Å²) in [5.41, 5.74) is 3.08. The summed E-state index contributed by atoms with van der Waals surface area (Å²) in [4.78, 5) is 15.6. The average molecular weight is 445 g/mol. The lowest BCUT2D eigenvalue weighted by atomic mass is 10.1. The summed E-state index contributed by atoms with van der Waals surface area (Å²) in [6, 6.07) is 13.1. The number of ether oxygens (including phenoxy) is 1. The van der Waals surface area contributed by atoms with Gasteiger partial charge in [0.05, 0.1) is 16.4 Å². The van der Waals surface area contributed by atoms with Crippen LogP contribution in [-0.4, -0.2) is 41.3 Å². The van der Waals surface area contributed by atoms with Crippen LogP contribution in [0.25, 0.3) is 11.3 Å². The molecule has 164 valence electrons. The first-order valence-electron chi connectivity index (χ1n) is 9.57. The highest BCUT2D eigenvalue weighted by Gasteiger charge is 2.33. The predicted octanol–water partition coefficient (Wildman–Crippen LogP) is 3.02. The molecule has 1 saturated carbocycles. The summed E-state index contributed by atoms with van der Waals surface area (Å²) < 4.78 is 39.0. The quantitative estimate of drug-likeness (QED) is 0.554. The van der Waals surface area contributed by atoms with Gasteiger partial charge in [-0.05, 0) is 25.8 Å². The topological polar surface area (TPSA) is 132 Å². The summed E-state index contributed by atoms with van der Waals surface area (Å²) in [5.74, 6) is 0.952. The summed E-state index contributed by atoms with van der Waals surface area (Å²) >= 11 is 0. The second-order valence-corrected chi connectivity index (χ2v) is 8.60. The number of nitrogens with one attached hydrogen (secondary N) is 1. The van der Waals surface area contributed by atoms with Gasteiger partial charge in [-0.15, -0.1) is 0 Å². The van der Waals surface area contributed by atoms with Gasteiger partial charge in [0.25, 0.3) is 16.0 Å². The van der Waals surface area contributed by atoms with E-state index in [4.69, 9.17) is 13.8 Å². The molecule has 2 heterocycles. The fourth-order valence-corrected chi connectivity index (χ4v) is 3.37. The van der Waals surface area contributed by atoms with E-state index in [-0.39, 0.29) is 12.5 Å². The minimum atomic E-state index is -3.63. The van der Waals surface area contributed by atoms with Crippen molar-refractivity contribution in [2.75, 3.05) is 7.05 Å². The van der Waals surface area contributed by atoms with Crippen molar-refractivity contribution in [3.63, 3.8) is 0 Å². The van der Waals surface area contributed by atoms with Crippen LogP contribution >= 0.6 is 0 Å². The van der Waals surface area contributed by atoms with E-state index in [0.717, 1.165) is 16.8 Å². The van der Waals surface area contributed by atoms with Crippen LogP contribution in [-0.2, 0) is 16.7 Å². The lowest BCUT2D eigenvalue weighted by molar-refractivity contribution is 0.0962. The first-order valence-corrected chi connectivity index (χ1v) is 11.1. The Morgan fingerprint density at radius 2 is 1.94 bits per heavy atom. The van der Waals surface area contributed by atoms with E-state index in [2.05, 4.69) is 15.5 Å². The van der Waals surface area contributed by atoms with Gasteiger partial charge in [-0.1, -0.05) is 35.5 Å². The Kier molecular flexibility index (Phi) is 7.03. The number of aromatic nitrogens is 2. The highest BCUT2D eigenvalue weighted by atomic mass is 32.2. The van der Waals surface area contributed by atoms with Gasteiger partial charge >= 0.3 is 0 Å². The fourth-order valence-electron chi connectivity index (χ4n) is 2.64. The highest BCUT2D eigenvalue weighted by Crippen LogP contribution is 2.27. The minimum Gasteiger partial charge on any atom is -0.473 e. The molecule has 0 saturated heterocycles. The van der Waals surface area contributed by atoms with Gasteiger partial charge < -0.3 is 14.6 Å². The summed E-state index contributed by atoms with van der Waals surface area (Å²) in [6.45, 7) is 2.13. The van der Waals surface area contributed by atoms with Crippen molar-refractivity contribution >= 4 is 16.0 Å². The van der Waals surface area contributed by atoms with Crippen LogP contribution in [0.3, 0.4) is 0 Å². The second kappa shape index (κ2) is 9.71. The zero-order chi connectivity index (χ0) is 22.4. The van der Waals surface area contributed by atoms with E-state index in [1.165, 1.54) is 6.20 Å². The molecule has 9 nitrogen and oxygen atoms in total. The monoisotopic (exact) mass is 445 g/mol. The van der Waals surface area contributed by atoms with E-state index < -0.39 is 15.4 Å². The molecule has 3 aromatic rings. The van der Waals surface area contributed by atoms with Crippen molar-refractivity contribution in [1.82, 2.24) is 15.5 Å². The lowest BCUT2D eigenvalue weighted by Gasteiger charge is -2.06. The number of pyridine rings is 1. The molecule has 1 aliphatic carbocycles. The van der Waals surface area contributed by atoms with Gasteiger partial charge in [-0.25, -0.2) is 4.98 Å². The van der Waals surface area contributed by atoms with Gasteiger partial charge in [0.1, 0.15) is 18.1 Å². The molecule has 1 amide bonds. The Morgan fingerprint density at radius 3 is 2.45 bits per heavy atom. The smallest absolute Gasteiger partial charge is 0.267 e. The van der Waals surface area contributed by atoms with Crippen LogP contribution in [0.1, 0.15) is 34.5 Å². The number of aryl methyl sites for hydroxylation is 1. The molecule has 1 aromatic carbocycles. The maximum absolute atomic E-state index is 11.5. The fraction of sp³-hybridized carbons (Fsp3) is 0.286. The van der Waals surface area contributed by atoms with Crippen molar-refractivity contribution < 1.29 is 27.0 Å². The van der Waals surface area contributed by atoms with Gasteiger partial charge in [-0.2, -0.15) is 8.42 Å². The molecule has 31 heavy (non-hydrogen) atoms. The number of hydrogen-bond donors (Lipinski definition) is 2. The number of hydrogen-bond acceptors (Lipinski definition) is 7. The van der Waals surface area contributed by atoms with Crippen LogP contribution < -0.4 is 10.1 Å². The van der Waals surface area contributed by atoms with E-state index in [9.17, 15) is 13.2 Å². The molecular formula is C21H23N3O6S. The Labute approximate surface area is 180 Å². The lowest BCUT2D eigenvalue weighted by Crippen LogP contribution is -2.17. The van der Waals surface area contributed by atoms with E-state index in [0.29, 0.717) is 30.0 Å². The number of carbonyl (C=O) groups excluding carboxylic acids is 1. The van der Waals surface area contributed by atoms with Crippen molar-refractivity contribution in [2.45, 2.75) is 31.6 Å².